The third-order valence-electron chi connectivity index (χ3n) is 4.47. The first-order valence-electron chi connectivity index (χ1n) is 7.73. The van der Waals surface area contributed by atoms with E-state index in [1.807, 2.05) is 13.8 Å². The summed E-state index contributed by atoms with van der Waals surface area (Å²) in [6.45, 7) is 4.58. The maximum absolute atomic E-state index is 11.9. The molecule has 0 saturated heterocycles. The number of carbonyl (C=O) groups excluding carboxylic acids is 1. The zero-order valence-corrected chi connectivity index (χ0v) is 12.4. The summed E-state index contributed by atoms with van der Waals surface area (Å²) in [7, 11) is 0. The van der Waals surface area contributed by atoms with E-state index in [9.17, 15) is 9.59 Å². The number of carboxylic acid groups (broad SMARTS) is 1. The lowest BCUT2D eigenvalue weighted by atomic mass is 9.98. The van der Waals surface area contributed by atoms with E-state index in [0.717, 1.165) is 18.4 Å². The molecule has 114 valence electrons. The van der Waals surface area contributed by atoms with Gasteiger partial charge in [-0.3, -0.25) is 4.79 Å². The van der Waals surface area contributed by atoms with E-state index in [4.69, 9.17) is 5.11 Å². The van der Waals surface area contributed by atoms with Crippen LogP contribution in [0.3, 0.4) is 0 Å². The summed E-state index contributed by atoms with van der Waals surface area (Å²) in [6, 6.07) is -0.538. The summed E-state index contributed by atoms with van der Waals surface area (Å²) in [5.74, 6) is 1.49. The summed E-state index contributed by atoms with van der Waals surface area (Å²) in [5, 5.41) is 14.6. The third kappa shape index (κ3) is 4.69. The molecule has 5 heteroatoms. The maximum atomic E-state index is 11.9. The molecule has 1 atom stereocenters. The second-order valence-electron chi connectivity index (χ2n) is 6.64. The molecule has 2 rings (SSSR count). The van der Waals surface area contributed by atoms with E-state index in [0.29, 0.717) is 5.92 Å². The Bertz CT molecular complexity index is 350. The van der Waals surface area contributed by atoms with Crippen molar-refractivity contribution in [1.82, 2.24) is 10.6 Å². The molecule has 0 aliphatic heterocycles. The Morgan fingerprint density at radius 3 is 2.10 bits per heavy atom. The number of carboxylic acids is 1. The molecular formula is C15H26N2O3. The van der Waals surface area contributed by atoms with Crippen LogP contribution >= 0.6 is 0 Å². The molecule has 2 fully saturated rings. The van der Waals surface area contributed by atoms with Gasteiger partial charge in [0.25, 0.3) is 0 Å². The van der Waals surface area contributed by atoms with Crippen molar-refractivity contribution in [2.75, 3.05) is 6.54 Å². The Balaban J connectivity index is 1.73. The molecule has 0 spiro atoms. The van der Waals surface area contributed by atoms with Crippen molar-refractivity contribution < 1.29 is 14.7 Å². The molecule has 0 aromatic heterocycles. The topological polar surface area (TPSA) is 78.4 Å². The van der Waals surface area contributed by atoms with Gasteiger partial charge in [0.1, 0.15) is 0 Å². The Kier molecular flexibility index (Phi) is 4.89. The van der Waals surface area contributed by atoms with Crippen LogP contribution in [-0.2, 0) is 4.79 Å². The minimum Gasteiger partial charge on any atom is -0.481 e. The van der Waals surface area contributed by atoms with E-state index in [2.05, 4.69) is 10.6 Å². The molecule has 0 radical (unpaired) electrons. The van der Waals surface area contributed by atoms with Gasteiger partial charge in [-0.25, -0.2) is 4.79 Å². The van der Waals surface area contributed by atoms with Gasteiger partial charge in [0.15, 0.2) is 0 Å². The second-order valence-corrected chi connectivity index (χ2v) is 6.64. The molecule has 0 heterocycles. The molecule has 1 unspecified atom stereocenters. The number of hydrogen-bond donors (Lipinski definition) is 3. The molecule has 0 bridgehead atoms. The fourth-order valence-electron chi connectivity index (χ4n) is 2.84. The summed E-state index contributed by atoms with van der Waals surface area (Å²) in [4.78, 5) is 22.7. The van der Waals surface area contributed by atoms with Crippen LogP contribution in [0.5, 0.6) is 0 Å². The van der Waals surface area contributed by atoms with E-state index in [1.165, 1.54) is 25.7 Å². The number of nitrogens with one attached hydrogen (secondary N) is 2. The molecule has 2 aliphatic rings. The molecule has 2 saturated carbocycles. The van der Waals surface area contributed by atoms with Crippen molar-refractivity contribution in [2.45, 2.75) is 52.0 Å². The summed E-state index contributed by atoms with van der Waals surface area (Å²) < 4.78 is 0. The van der Waals surface area contributed by atoms with Crippen LogP contribution in [-0.4, -0.2) is 29.7 Å². The van der Waals surface area contributed by atoms with Gasteiger partial charge in [-0.2, -0.15) is 0 Å². The first-order valence-corrected chi connectivity index (χ1v) is 7.73. The first-order chi connectivity index (χ1) is 9.47. The quantitative estimate of drug-likeness (QED) is 0.638. The Morgan fingerprint density at radius 2 is 1.70 bits per heavy atom. The maximum Gasteiger partial charge on any atom is 0.315 e. The van der Waals surface area contributed by atoms with Gasteiger partial charge in [0.05, 0.1) is 6.42 Å². The third-order valence-corrected chi connectivity index (χ3v) is 4.47. The number of amides is 2. The average molecular weight is 282 g/mol. The summed E-state index contributed by atoms with van der Waals surface area (Å²) in [5.41, 5.74) is 0. The highest BCUT2D eigenvalue weighted by Gasteiger charge is 2.41. The predicted molar refractivity (Wildman–Crippen MR) is 76.4 cm³/mol. The zero-order chi connectivity index (χ0) is 14.7. The molecule has 20 heavy (non-hydrogen) atoms. The van der Waals surface area contributed by atoms with Crippen molar-refractivity contribution in [3.63, 3.8) is 0 Å². The highest BCUT2D eigenvalue weighted by molar-refractivity contribution is 5.75. The van der Waals surface area contributed by atoms with Crippen LogP contribution in [0.25, 0.3) is 0 Å². The van der Waals surface area contributed by atoms with Gasteiger partial charge in [-0.05, 0) is 49.4 Å². The molecule has 0 aromatic rings. The molecule has 2 aliphatic carbocycles. The minimum absolute atomic E-state index is 0.0280. The molecule has 2 amide bonds. The number of rotatable bonds is 8. The van der Waals surface area contributed by atoms with Crippen LogP contribution in [0.4, 0.5) is 4.79 Å². The fraction of sp³-hybridized carbons (Fsp3) is 0.867. The van der Waals surface area contributed by atoms with E-state index < -0.39 is 5.97 Å². The van der Waals surface area contributed by atoms with Gasteiger partial charge >= 0.3 is 12.0 Å². The van der Waals surface area contributed by atoms with Gasteiger partial charge in [0, 0.05) is 12.6 Å². The van der Waals surface area contributed by atoms with Crippen molar-refractivity contribution in [3.8, 4) is 0 Å². The van der Waals surface area contributed by atoms with Crippen molar-refractivity contribution >= 4 is 12.0 Å². The smallest absolute Gasteiger partial charge is 0.315 e. The summed E-state index contributed by atoms with van der Waals surface area (Å²) in [6.07, 6.45) is 5.19. The van der Waals surface area contributed by atoms with Crippen LogP contribution in [0.1, 0.15) is 46.0 Å². The average Bonchev–Trinajstić information content (AvgIpc) is 3.22. The van der Waals surface area contributed by atoms with E-state index in [-0.39, 0.29) is 24.4 Å². The molecule has 3 N–H and O–H groups in total. The lowest BCUT2D eigenvalue weighted by Gasteiger charge is -2.22. The highest BCUT2D eigenvalue weighted by atomic mass is 16.4. The zero-order valence-electron chi connectivity index (χ0n) is 12.4. The Labute approximate surface area is 120 Å². The normalized spacial score (nSPS) is 20.0. The molecule has 5 nitrogen and oxygen atoms in total. The standard InChI is InChI=1S/C15H26N2O3/c1-9(2)13(7-14(18)19)17-15(20)16-8-12(10-3-4-10)11-5-6-11/h9-13H,3-8H2,1-2H3,(H,18,19)(H2,16,17,20). The van der Waals surface area contributed by atoms with Crippen molar-refractivity contribution in [2.24, 2.45) is 23.7 Å². The van der Waals surface area contributed by atoms with Gasteiger partial charge < -0.3 is 15.7 Å². The number of urea groups is 1. The minimum atomic E-state index is -0.877. The largest absolute Gasteiger partial charge is 0.481 e. The van der Waals surface area contributed by atoms with Crippen LogP contribution in [0.15, 0.2) is 0 Å². The monoisotopic (exact) mass is 282 g/mol. The first kappa shape index (κ1) is 15.1. The molecule has 0 aromatic carbocycles. The molecular weight excluding hydrogens is 256 g/mol. The van der Waals surface area contributed by atoms with Crippen molar-refractivity contribution in [1.29, 1.82) is 0 Å². The lowest BCUT2D eigenvalue weighted by molar-refractivity contribution is -0.137. The number of hydrogen-bond acceptors (Lipinski definition) is 2. The van der Waals surface area contributed by atoms with Gasteiger partial charge in [-0.1, -0.05) is 13.8 Å². The van der Waals surface area contributed by atoms with Crippen LogP contribution in [0, 0.1) is 23.7 Å². The van der Waals surface area contributed by atoms with Gasteiger partial charge in [-0.15, -0.1) is 0 Å². The van der Waals surface area contributed by atoms with E-state index in [1.54, 1.807) is 0 Å². The van der Waals surface area contributed by atoms with Crippen molar-refractivity contribution in [3.05, 3.63) is 0 Å². The van der Waals surface area contributed by atoms with E-state index >= 15 is 0 Å². The number of carbonyl (C=O) groups is 2. The summed E-state index contributed by atoms with van der Waals surface area (Å²) >= 11 is 0. The van der Waals surface area contributed by atoms with Crippen LogP contribution in [0.2, 0.25) is 0 Å². The predicted octanol–water partition coefficient (Wildman–Crippen LogP) is 2.22. The Hall–Kier alpha value is -1.26. The lowest BCUT2D eigenvalue weighted by Crippen LogP contribution is -2.46. The Morgan fingerprint density at radius 1 is 1.15 bits per heavy atom. The highest BCUT2D eigenvalue weighted by Crippen LogP contribution is 2.48. The number of aliphatic carboxylic acids is 1. The SMILES string of the molecule is CC(C)C(CC(=O)O)NC(=O)NCC(C1CC1)C1CC1. The fourth-order valence-corrected chi connectivity index (χ4v) is 2.84. The van der Waals surface area contributed by atoms with Gasteiger partial charge in [0.2, 0.25) is 0 Å². The van der Waals surface area contributed by atoms with Crippen LogP contribution < -0.4 is 10.6 Å². The second kappa shape index (κ2) is 6.46.